The lowest BCUT2D eigenvalue weighted by Crippen LogP contribution is -2.01. The van der Waals surface area contributed by atoms with Crippen molar-refractivity contribution >= 4 is 64.5 Å². The Morgan fingerprint density at radius 1 is 0.950 bits per heavy atom. The Bertz CT molecular complexity index is 823. The van der Waals surface area contributed by atoms with Crippen LogP contribution in [0.1, 0.15) is 15.9 Å². The van der Waals surface area contributed by atoms with Gasteiger partial charge in [0.25, 0.3) is 0 Å². The molecule has 0 saturated heterocycles. The van der Waals surface area contributed by atoms with Gasteiger partial charge >= 0.3 is 0 Å². The van der Waals surface area contributed by atoms with Crippen molar-refractivity contribution < 1.29 is 4.79 Å². The topological polar surface area (TPSA) is 32.9 Å². The van der Waals surface area contributed by atoms with Crippen LogP contribution in [0.3, 0.4) is 0 Å². The van der Waals surface area contributed by atoms with Crippen molar-refractivity contribution in [2.75, 3.05) is 0 Å². The number of H-pyrrole nitrogens is 1. The number of rotatable bonds is 2. The first-order valence-electron chi connectivity index (χ1n) is 5.83. The number of aromatic amines is 1. The van der Waals surface area contributed by atoms with Crippen molar-refractivity contribution in [1.82, 2.24) is 4.98 Å². The van der Waals surface area contributed by atoms with E-state index in [1.165, 1.54) is 0 Å². The first kappa shape index (κ1) is 14.0. The minimum atomic E-state index is -0.0173. The second kappa shape index (κ2) is 5.47. The summed E-state index contributed by atoms with van der Waals surface area (Å²) < 4.78 is 2.57. The number of hydrogen-bond donors (Lipinski definition) is 1. The number of nitrogens with one attached hydrogen (secondary N) is 1. The van der Waals surface area contributed by atoms with Gasteiger partial charge in [-0.05, 0) is 30.3 Å². The Kier molecular flexibility index (Phi) is 3.84. The van der Waals surface area contributed by atoms with Crippen molar-refractivity contribution in [3.8, 4) is 0 Å². The Hall–Kier alpha value is -0.910. The van der Waals surface area contributed by atoms with Crippen molar-refractivity contribution in [3.63, 3.8) is 0 Å². The lowest BCUT2D eigenvalue weighted by molar-refractivity contribution is 0.103. The molecule has 1 N–H and O–H groups in total. The van der Waals surface area contributed by atoms with E-state index in [0.717, 1.165) is 24.3 Å². The molecule has 0 amide bonds. The molecule has 3 rings (SSSR count). The fourth-order valence-electron chi connectivity index (χ4n) is 2.14. The second-order valence-corrected chi connectivity index (χ2v) is 6.94. The Morgan fingerprint density at radius 2 is 1.75 bits per heavy atom. The number of aromatic nitrogens is 1. The van der Waals surface area contributed by atoms with E-state index in [4.69, 9.17) is 0 Å². The molecule has 1 heterocycles. The maximum atomic E-state index is 12.8. The molecule has 3 aromatic rings. The molecular formula is C15H8Br3NO. The fraction of sp³-hybridized carbons (Fsp3) is 0. The molecule has 20 heavy (non-hydrogen) atoms. The van der Waals surface area contributed by atoms with Crippen LogP contribution >= 0.6 is 47.8 Å². The highest BCUT2D eigenvalue weighted by Crippen LogP contribution is 2.31. The van der Waals surface area contributed by atoms with Crippen LogP contribution < -0.4 is 0 Å². The number of benzene rings is 2. The second-order valence-electron chi connectivity index (χ2n) is 4.32. The molecule has 0 radical (unpaired) electrons. The number of carbonyl (C=O) groups excluding carboxylic acids is 1. The summed E-state index contributed by atoms with van der Waals surface area (Å²) in [7, 11) is 0. The lowest BCUT2D eigenvalue weighted by atomic mass is 10.0. The molecule has 100 valence electrons. The van der Waals surface area contributed by atoms with Gasteiger partial charge in [0.15, 0.2) is 5.78 Å². The maximum absolute atomic E-state index is 12.8. The quantitative estimate of drug-likeness (QED) is 0.493. The van der Waals surface area contributed by atoms with Gasteiger partial charge in [-0.3, -0.25) is 4.79 Å². The lowest BCUT2D eigenvalue weighted by Gasteiger charge is -2.04. The van der Waals surface area contributed by atoms with E-state index in [1.807, 2.05) is 36.4 Å². The van der Waals surface area contributed by atoms with Crippen LogP contribution in [0.2, 0.25) is 0 Å². The average molecular weight is 458 g/mol. The molecule has 5 heteroatoms. The number of hydrogen-bond acceptors (Lipinski definition) is 1. The third kappa shape index (κ3) is 2.38. The fourth-order valence-corrected chi connectivity index (χ4v) is 3.50. The highest BCUT2D eigenvalue weighted by atomic mass is 79.9. The van der Waals surface area contributed by atoms with E-state index in [9.17, 15) is 4.79 Å². The van der Waals surface area contributed by atoms with Gasteiger partial charge in [0.2, 0.25) is 0 Å². The van der Waals surface area contributed by atoms with Crippen molar-refractivity contribution in [2.45, 2.75) is 0 Å². The number of carbonyl (C=O) groups is 1. The summed E-state index contributed by atoms with van der Waals surface area (Å²) in [6, 6.07) is 11.4. The number of halogens is 3. The van der Waals surface area contributed by atoms with Crippen molar-refractivity contribution in [1.29, 1.82) is 0 Å². The first-order chi connectivity index (χ1) is 9.58. The smallest absolute Gasteiger partial charge is 0.196 e. The average Bonchev–Trinajstić information content (AvgIpc) is 2.86. The molecule has 0 atom stereocenters. The summed E-state index contributed by atoms with van der Waals surface area (Å²) in [6.07, 6.45) is 1.76. The molecule has 0 aliphatic carbocycles. The van der Waals surface area contributed by atoms with Gasteiger partial charge in [0, 0.05) is 41.6 Å². The summed E-state index contributed by atoms with van der Waals surface area (Å²) >= 11 is 10.3. The third-order valence-electron chi connectivity index (χ3n) is 3.07. The van der Waals surface area contributed by atoms with E-state index >= 15 is 0 Å². The summed E-state index contributed by atoms with van der Waals surface area (Å²) in [5, 5.41) is 0.907. The first-order valence-corrected chi connectivity index (χ1v) is 8.21. The third-order valence-corrected chi connectivity index (χ3v) is 4.92. The van der Waals surface area contributed by atoms with Crippen molar-refractivity contribution in [2.24, 2.45) is 0 Å². The minimum Gasteiger partial charge on any atom is -0.360 e. The van der Waals surface area contributed by atoms with E-state index in [0.29, 0.717) is 11.1 Å². The molecule has 0 aliphatic heterocycles. The predicted octanol–water partition coefficient (Wildman–Crippen LogP) is 5.69. The summed E-state index contributed by atoms with van der Waals surface area (Å²) in [4.78, 5) is 15.9. The van der Waals surface area contributed by atoms with Gasteiger partial charge in [-0.25, -0.2) is 0 Å². The Labute approximate surface area is 141 Å². The van der Waals surface area contributed by atoms with Crippen LogP contribution in [-0.4, -0.2) is 10.8 Å². The standard InChI is InChI=1S/C15H8Br3NO/c16-8-4-5-11(17)9(6-8)15(20)10-7-19-13-3-1-2-12(18)14(10)13/h1-7,19H. The van der Waals surface area contributed by atoms with Crippen molar-refractivity contribution in [3.05, 3.63) is 67.1 Å². The van der Waals surface area contributed by atoms with Gasteiger partial charge in [-0.15, -0.1) is 0 Å². The molecular weight excluding hydrogens is 450 g/mol. The Balaban J connectivity index is 2.21. The summed E-state index contributed by atoms with van der Waals surface area (Å²) in [5.41, 5.74) is 2.23. The molecule has 0 fully saturated rings. The van der Waals surface area contributed by atoms with E-state index < -0.39 is 0 Å². The predicted molar refractivity (Wildman–Crippen MR) is 91.3 cm³/mol. The van der Waals surface area contributed by atoms with Crippen LogP contribution in [0.4, 0.5) is 0 Å². The van der Waals surface area contributed by atoms with Crippen LogP contribution in [0, 0.1) is 0 Å². The zero-order valence-corrected chi connectivity index (χ0v) is 14.8. The largest absolute Gasteiger partial charge is 0.360 e. The normalized spacial score (nSPS) is 10.9. The molecule has 2 nitrogen and oxygen atoms in total. The number of fused-ring (bicyclic) bond motifs is 1. The minimum absolute atomic E-state index is 0.0173. The highest BCUT2D eigenvalue weighted by Gasteiger charge is 2.18. The van der Waals surface area contributed by atoms with E-state index in [-0.39, 0.29) is 5.78 Å². The van der Waals surface area contributed by atoms with Crippen LogP contribution in [0.5, 0.6) is 0 Å². The zero-order chi connectivity index (χ0) is 14.3. The van der Waals surface area contributed by atoms with Gasteiger partial charge in [0.1, 0.15) is 0 Å². The molecule has 2 aromatic carbocycles. The van der Waals surface area contributed by atoms with Gasteiger partial charge in [-0.1, -0.05) is 53.9 Å². The molecule has 0 unspecified atom stereocenters. The molecule has 0 spiro atoms. The molecule has 0 bridgehead atoms. The molecule has 0 saturated carbocycles. The van der Waals surface area contributed by atoms with E-state index in [1.54, 1.807) is 6.20 Å². The SMILES string of the molecule is O=C(c1cc(Br)ccc1Br)c1c[nH]c2cccc(Br)c12. The monoisotopic (exact) mass is 455 g/mol. The van der Waals surface area contributed by atoms with Gasteiger partial charge in [0.05, 0.1) is 0 Å². The summed E-state index contributed by atoms with van der Waals surface area (Å²) in [6.45, 7) is 0. The van der Waals surface area contributed by atoms with Crippen LogP contribution in [-0.2, 0) is 0 Å². The molecule has 0 aliphatic rings. The maximum Gasteiger partial charge on any atom is 0.196 e. The number of ketones is 1. The highest BCUT2D eigenvalue weighted by molar-refractivity contribution is 9.11. The van der Waals surface area contributed by atoms with E-state index in [2.05, 4.69) is 52.8 Å². The van der Waals surface area contributed by atoms with Crippen LogP contribution in [0.25, 0.3) is 10.9 Å². The summed E-state index contributed by atoms with van der Waals surface area (Å²) in [5.74, 6) is -0.0173. The van der Waals surface area contributed by atoms with Gasteiger partial charge in [-0.2, -0.15) is 0 Å². The Morgan fingerprint density at radius 3 is 2.55 bits per heavy atom. The zero-order valence-electron chi connectivity index (χ0n) is 10.1. The van der Waals surface area contributed by atoms with Crippen LogP contribution in [0.15, 0.2) is 56.0 Å². The van der Waals surface area contributed by atoms with Gasteiger partial charge < -0.3 is 4.98 Å². The molecule has 1 aromatic heterocycles.